The van der Waals surface area contributed by atoms with Gasteiger partial charge < -0.3 is 19.4 Å². The molecule has 0 aliphatic rings. The molecule has 0 saturated carbocycles. The fourth-order valence-corrected chi connectivity index (χ4v) is 2.60. The van der Waals surface area contributed by atoms with Crippen molar-refractivity contribution in [1.29, 1.82) is 0 Å². The Hall–Kier alpha value is -2.83. The first kappa shape index (κ1) is 21.5. The SMILES string of the molecule is CC[C@@H](C)NC(=O)c1coc(CN(C(=O)c2cccc(OC)c2)[C@@H](C)CC)n1. The Morgan fingerprint density at radius 1 is 1.25 bits per heavy atom. The number of hydrogen-bond acceptors (Lipinski definition) is 5. The first-order chi connectivity index (χ1) is 13.4. The van der Waals surface area contributed by atoms with E-state index < -0.39 is 0 Å². The van der Waals surface area contributed by atoms with Gasteiger partial charge in [0.05, 0.1) is 13.7 Å². The highest BCUT2D eigenvalue weighted by Crippen LogP contribution is 2.19. The van der Waals surface area contributed by atoms with Gasteiger partial charge in [-0.25, -0.2) is 4.98 Å². The number of oxazole rings is 1. The molecule has 7 nitrogen and oxygen atoms in total. The monoisotopic (exact) mass is 387 g/mol. The number of benzene rings is 1. The van der Waals surface area contributed by atoms with Gasteiger partial charge in [-0.2, -0.15) is 0 Å². The molecule has 1 N–H and O–H groups in total. The predicted octanol–water partition coefficient (Wildman–Crippen LogP) is 3.65. The lowest BCUT2D eigenvalue weighted by molar-refractivity contribution is 0.0652. The van der Waals surface area contributed by atoms with Crippen LogP contribution in [0.1, 0.15) is 67.3 Å². The molecular formula is C21H29N3O4. The number of rotatable bonds is 9. The molecule has 2 atom stereocenters. The second kappa shape index (κ2) is 9.92. The summed E-state index contributed by atoms with van der Waals surface area (Å²) >= 11 is 0. The lowest BCUT2D eigenvalue weighted by atomic mass is 10.1. The van der Waals surface area contributed by atoms with E-state index in [9.17, 15) is 9.59 Å². The summed E-state index contributed by atoms with van der Waals surface area (Å²) in [6.45, 7) is 8.08. The van der Waals surface area contributed by atoms with E-state index in [4.69, 9.17) is 9.15 Å². The maximum absolute atomic E-state index is 13.1. The number of hydrogen-bond donors (Lipinski definition) is 1. The molecule has 0 radical (unpaired) electrons. The molecule has 0 unspecified atom stereocenters. The van der Waals surface area contributed by atoms with Crippen LogP contribution in [0.25, 0.3) is 0 Å². The Bertz CT molecular complexity index is 802. The van der Waals surface area contributed by atoms with Crippen molar-refractivity contribution in [3.8, 4) is 5.75 Å². The molecular weight excluding hydrogens is 358 g/mol. The van der Waals surface area contributed by atoms with Gasteiger partial charge >= 0.3 is 0 Å². The minimum absolute atomic E-state index is 0.0250. The van der Waals surface area contributed by atoms with Crippen LogP contribution in [0.3, 0.4) is 0 Å². The van der Waals surface area contributed by atoms with Crippen LogP contribution in [-0.2, 0) is 6.54 Å². The van der Waals surface area contributed by atoms with Gasteiger partial charge in [0.2, 0.25) is 5.89 Å². The van der Waals surface area contributed by atoms with Crippen LogP contribution in [0.15, 0.2) is 34.9 Å². The van der Waals surface area contributed by atoms with Crippen molar-refractivity contribution in [1.82, 2.24) is 15.2 Å². The minimum atomic E-state index is -0.279. The summed E-state index contributed by atoms with van der Waals surface area (Å²) in [6, 6.07) is 7.06. The molecule has 2 rings (SSSR count). The molecule has 0 saturated heterocycles. The topological polar surface area (TPSA) is 84.7 Å². The Morgan fingerprint density at radius 2 is 2.00 bits per heavy atom. The van der Waals surface area contributed by atoms with Crippen molar-refractivity contribution in [2.45, 2.75) is 59.2 Å². The van der Waals surface area contributed by atoms with Gasteiger partial charge in [-0.05, 0) is 44.9 Å². The second-order valence-electron chi connectivity index (χ2n) is 6.83. The summed E-state index contributed by atoms with van der Waals surface area (Å²) in [7, 11) is 1.56. The zero-order chi connectivity index (χ0) is 20.7. The number of ether oxygens (including phenoxy) is 1. The fraction of sp³-hybridized carbons (Fsp3) is 0.476. The second-order valence-corrected chi connectivity index (χ2v) is 6.83. The van der Waals surface area contributed by atoms with Crippen molar-refractivity contribution in [3.05, 3.63) is 47.7 Å². The van der Waals surface area contributed by atoms with Crippen molar-refractivity contribution in [2.75, 3.05) is 7.11 Å². The van der Waals surface area contributed by atoms with Crippen molar-refractivity contribution >= 4 is 11.8 Å². The molecule has 1 heterocycles. The van der Waals surface area contributed by atoms with Gasteiger partial charge in [0.1, 0.15) is 12.0 Å². The van der Waals surface area contributed by atoms with E-state index in [0.29, 0.717) is 17.2 Å². The van der Waals surface area contributed by atoms with Crippen molar-refractivity contribution < 1.29 is 18.7 Å². The van der Waals surface area contributed by atoms with Crippen LogP contribution in [0.4, 0.5) is 0 Å². The average molecular weight is 387 g/mol. The van der Waals surface area contributed by atoms with Crippen LogP contribution >= 0.6 is 0 Å². The van der Waals surface area contributed by atoms with Crippen LogP contribution in [0, 0.1) is 0 Å². The molecule has 1 aromatic carbocycles. The molecule has 7 heteroatoms. The Balaban J connectivity index is 2.18. The number of carbonyl (C=O) groups excluding carboxylic acids is 2. The van der Waals surface area contributed by atoms with Crippen LogP contribution in [0.5, 0.6) is 5.75 Å². The summed E-state index contributed by atoms with van der Waals surface area (Å²) in [6.07, 6.45) is 2.93. The highest BCUT2D eigenvalue weighted by Gasteiger charge is 2.24. The standard InChI is InChI=1S/C21H29N3O4/c1-6-14(3)22-20(25)18-13-28-19(23-18)12-24(15(4)7-2)21(26)16-9-8-10-17(11-16)27-5/h8-11,13-15H,6-7,12H2,1-5H3,(H,22,25)/t14-,15+/m1/s1. The zero-order valence-corrected chi connectivity index (χ0v) is 17.2. The van der Waals surface area contributed by atoms with Gasteiger partial charge in [-0.3, -0.25) is 9.59 Å². The van der Waals surface area contributed by atoms with Gasteiger partial charge in [0, 0.05) is 17.6 Å². The normalized spacial score (nSPS) is 12.9. The summed E-state index contributed by atoms with van der Waals surface area (Å²) in [5, 5.41) is 2.85. The summed E-state index contributed by atoms with van der Waals surface area (Å²) in [4.78, 5) is 31.2. The van der Waals surface area contributed by atoms with E-state index in [0.717, 1.165) is 12.8 Å². The summed E-state index contributed by atoms with van der Waals surface area (Å²) in [5.41, 5.74) is 0.745. The maximum atomic E-state index is 13.1. The minimum Gasteiger partial charge on any atom is -0.497 e. The molecule has 0 fully saturated rings. The molecule has 2 aromatic rings. The number of nitrogens with zero attached hydrogens (tertiary/aromatic N) is 2. The highest BCUT2D eigenvalue weighted by molar-refractivity contribution is 5.95. The molecule has 28 heavy (non-hydrogen) atoms. The summed E-state index contributed by atoms with van der Waals surface area (Å²) in [5.74, 6) is 0.525. The predicted molar refractivity (Wildman–Crippen MR) is 106 cm³/mol. The third kappa shape index (κ3) is 5.34. The molecule has 152 valence electrons. The maximum Gasteiger partial charge on any atom is 0.273 e. The van der Waals surface area contributed by atoms with Crippen molar-refractivity contribution in [2.24, 2.45) is 0 Å². The number of methoxy groups -OCH3 is 1. The number of aromatic nitrogens is 1. The average Bonchev–Trinajstić information content (AvgIpc) is 3.19. The lowest BCUT2D eigenvalue weighted by Crippen LogP contribution is -2.38. The van der Waals surface area contributed by atoms with Crippen LogP contribution in [0.2, 0.25) is 0 Å². The van der Waals surface area contributed by atoms with Crippen LogP contribution in [-0.4, -0.2) is 40.9 Å². The molecule has 0 spiro atoms. The van der Waals surface area contributed by atoms with E-state index >= 15 is 0 Å². The number of carbonyl (C=O) groups is 2. The van der Waals surface area contributed by atoms with E-state index in [1.54, 1.807) is 36.3 Å². The number of nitrogens with one attached hydrogen (secondary N) is 1. The highest BCUT2D eigenvalue weighted by atomic mass is 16.5. The molecule has 0 aliphatic carbocycles. The molecule has 2 amide bonds. The largest absolute Gasteiger partial charge is 0.497 e. The quantitative estimate of drug-likeness (QED) is 0.710. The molecule has 0 bridgehead atoms. The van der Waals surface area contributed by atoms with Gasteiger partial charge in [0.15, 0.2) is 5.69 Å². The molecule has 1 aromatic heterocycles. The molecule has 0 aliphatic heterocycles. The summed E-state index contributed by atoms with van der Waals surface area (Å²) < 4.78 is 10.7. The Labute approximate surface area is 166 Å². The van der Waals surface area contributed by atoms with E-state index in [-0.39, 0.29) is 36.1 Å². The van der Waals surface area contributed by atoms with E-state index in [1.807, 2.05) is 27.7 Å². The van der Waals surface area contributed by atoms with Gasteiger partial charge in [-0.15, -0.1) is 0 Å². The number of amides is 2. The third-order valence-electron chi connectivity index (χ3n) is 4.78. The first-order valence-electron chi connectivity index (χ1n) is 9.59. The lowest BCUT2D eigenvalue weighted by Gasteiger charge is -2.27. The van der Waals surface area contributed by atoms with Gasteiger partial charge in [0.25, 0.3) is 11.8 Å². The smallest absolute Gasteiger partial charge is 0.273 e. The third-order valence-corrected chi connectivity index (χ3v) is 4.78. The Morgan fingerprint density at radius 3 is 2.64 bits per heavy atom. The fourth-order valence-electron chi connectivity index (χ4n) is 2.60. The van der Waals surface area contributed by atoms with E-state index in [2.05, 4.69) is 10.3 Å². The van der Waals surface area contributed by atoms with Gasteiger partial charge in [-0.1, -0.05) is 19.9 Å². The Kier molecular flexibility index (Phi) is 7.61. The van der Waals surface area contributed by atoms with E-state index in [1.165, 1.54) is 6.26 Å². The zero-order valence-electron chi connectivity index (χ0n) is 17.2. The first-order valence-corrected chi connectivity index (χ1v) is 9.59. The van der Waals surface area contributed by atoms with Crippen LogP contribution < -0.4 is 10.1 Å². The van der Waals surface area contributed by atoms with Crippen molar-refractivity contribution in [3.63, 3.8) is 0 Å².